The maximum absolute atomic E-state index is 4.62. The minimum atomic E-state index is 0.827. The molecule has 0 aliphatic carbocycles. The van der Waals surface area contributed by atoms with E-state index >= 15 is 0 Å². The van der Waals surface area contributed by atoms with Gasteiger partial charge in [0.25, 0.3) is 0 Å². The van der Waals surface area contributed by atoms with Gasteiger partial charge in [0.2, 0.25) is 0 Å². The van der Waals surface area contributed by atoms with Gasteiger partial charge in [0.05, 0.1) is 52.4 Å². The SMILES string of the molecule is CN(C)c1cncc(-c2cc3c(-c4cc5c(-c6ccccn6)cncc5[nH]4)n[nH]c3cn2)c1. The summed E-state index contributed by atoms with van der Waals surface area (Å²) in [5.74, 6) is 0. The average molecular weight is 432 g/mol. The lowest BCUT2D eigenvalue weighted by Gasteiger charge is -2.12. The number of pyridine rings is 4. The van der Waals surface area contributed by atoms with Gasteiger partial charge in [-0.15, -0.1) is 0 Å². The van der Waals surface area contributed by atoms with E-state index < -0.39 is 0 Å². The molecule has 33 heavy (non-hydrogen) atoms. The summed E-state index contributed by atoms with van der Waals surface area (Å²) in [5.41, 5.74) is 8.20. The molecule has 8 nitrogen and oxygen atoms in total. The Balaban J connectivity index is 1.48. The monoisotopic (exact) mass is 432 g/mol. The Morgan fingerprint density at radius 3 is 2.55 bits per heavy atom. The van der Waals surface area contributed by atoms with E-state index in [0.29, 0.717) is 0 Å². The van der Waals surface area contributed by atoms with E-state index in [9.17, 15) is 0 Å². The lowest BCUT2D eigenvalue weighted by Crippen LogP contribution is -2.08. The number of aromatic amines is 2. The zero-order valence-corrected chi connectivity index (χ0v) is 18.1. The van der Waals surface area contributed by atoms with E-state index in [-0.39, 0.29) is 0 Å². The molecule has 0 atom stereocenters. The predicted octanol–water partition coefficient (Wildman–Crippen LogP) is 4.69. The Labute approximate surface area is 189 Å². The van der Waals surface area contributed by atoms with Gasteiger partial charge >= 0.3 is 0 Å². The minimum absolute atomic E-state index is 0.827. The summed E-state index contributed by atoms with van der Waals surface area (Å²) in [5, 5.41) is 9.72. The molecule has 8 heteroatoms. The number of H-pyrrole nitrogens is 2. The molecule has 160 valence electrons. The first kappa shape index (κ1) is 19.1. The van der Waals surface area contributed by atoms with Crippen LogP contribution in [-0.2, 0) is 0 Å². The molecule has 2 N–H and O–H groups in total. The fraction of sp³-hybridized carbons (Fsp3) is 0.0800. The van der Waals surface area contributed by atoms with E-state index in [2.05, 4.69) is 47.2 Å². The number of aromatic nitrogens is 7. The molecule has 0 fully saturated rings. The van der Waals surface area contributed by atoms with Crippen LogP contribution in [0.5, 0.6) is 0 Å². The normalized spacial score (nSPS) is 11.3. The van der Waals surface area contributed by atoms with Gasteiger partial charge in [-0.3, -0.25) is 25.0 Å². The lowest BCUT2D eigenvalue weighted by atomic mass is 10.1. The van der Waals surface area contributed by atoms with E-state index in [0.717, 1.165) is 61.4 Å². The summed E-state index contributed by atoms with van der Waals surface area (Å²) in [7, 11) is 3.99. The van der Waals surface area contributed by atoms with Gasteiger partial charge in [-0.2, -0.15) is 5.10 Å². The molecular weight excluding hydrogens is 412 g/mol. The second-order valence-corrected chi connectivity index (χ2v) is 8.06. The maximum Gasteiger partial charge on any atom is 0.116 e. The van der Waals surface area contributed by atoms with Crippen LogP contribution in [0.25, 0.3) is 55.7 Å². The molecule has 0 saturated carbocycles. The molecule has 0 saturated heterocycles. The topological polar surface area (TPSA) is 99.3 Å². The van der Waals surface area contributed by atoms with Crippen LogP contribution >= 0.6 is 0 Å². The Bertz CT molecular complexity index is 1600. The third-order valence-electron chi connectivity index (χ3n) is 5.72. The van der Waals surface area contributed by atoms with E-state index in [1.165, 1.54) is 0 Å². The number of rotatable bonds is 4. The van der Waals surface area contributed by atoms with Crippen molar-refractivity contribution in [2.75, 3.05) is 19.0 Å². The molecule has 0 radical (unpaired) electrons. The van der Waals surface area contributed by atoms with Crippen LogP contribution in [0.4, 0.5) is 5.69 Å². The molecule has 6 heterocycles. The number of nitrogens with zero attached hydrogens (tertiary/aromatic N) is 6. The molecule has 0 aromatic carbocycles. The fourth-order valence-corrected chi connectivity index (χ4v) is 4.00. The second kappa shape index (κ2) is 7.52. The first-order valence-electron chi connectivity index (χ1n) is 10.5. The van der Waals surface area contributed by atoms with Crippen LogP contribution < -0.4 is 4.90 Å². The van der Waals surface area contributed by atoms with Gasteiger partial charge in [-0.25, -0.2) is 0 Å². The molecule has 6 aromatic rings. The first-order chi connectivity index (χ1) is 16.2. The molecule has 6 aromatic heterocycles. The maximum atomic E-state index is 4.62. The molecule has 0 aliphatic heterocycles. The van der Waals surface area contributed by atoms with Crippen LogP contribution in [0.2, 0.25) is 0 Å². The highest BCUT2D eigenvalue weighted by atomic mass is 15.1. The number of fused-ring (bicyclic) bond motifs is 2. The standard InChI is InChI=1S/C25H20N8/c1-33(2)16-7-15(10-26-11-16)21-9-18-24(14-29-21)31-32-25(18)22-8-17-19(12-27-13-23(17)30-22)20-5-3-4-6-28-20/h3-14,30H,1-2H3,(H,31,32). The zero-order chi connectivity index (χ0) is 22.4. The molecule has 0 spiro atoms. The van der Waals surface area contributed by atoms with Crippen LogP contribution in [0.15, 0.2) is 73.6 Å². The van der Waals surface area contributed by atoms with Crippen molar-refractivity contribution < 1.29 is 0 Å². The van der Waals surface area contributed by atoms with Crippen LogP contribution in [0.3, 0.4) is 0 Å². The van der Waals surface area contributed by atoms with Crippen LogP contribution in [0.1, 0.15) is 0 Å². The second-order valence-electron chi connectivity index (χ2n) is 8.06. The minimum Gasteiger partial charge on any atom is -0.376 e. The van der Waals surface area contributed by atoms with Gasteiger partial charge in [0.1, 0.15) is 5.69 Å². The van der Waals surface area contributed by atoms with Crippen LogP contribution in [-0.4, -0.2) is 49.2 Å². The Morgan fingerprint density at radius 2 is 1.70 bits per heavy atom. The van der Waals surface area contributed by atoms with E-state index in [1.54, 1.807) is 6.20 Å². The highest BCUT2D eigenvalue weighted by Crippen LogP contribution is 2.34. The number of anilines is 1. The van der Waals surface area contributed by atoms with Crippen molar-refractivity contribution in [1.29, 1.82) is 0 Å². The third-order valence-corrected chi connectivity index (χ3v) is 5.72. The summed E-state index contributed by atoms with van der Waals surface area (Å²) in [6.45, 7) is 0. The largest absolute Gasteiger partial charge is 0.376 e. The summed E-state index contributed by atoms with van der Waals surface area (Å²) in [6.07, 6.45) is 10.9. The smallest absolute Gasteiger partial charge is 0.116 e. The summed E-state index contributed by atoms with van der Waals surface area (Å²) in [4.78, 5) is 23.4. The molecule has 0 unspecified atom stereocenters. The first-order valence-corrected chi connectivity index (χ1v) is 10.5. The predicted molar refractivity (Wildman–Crippen MR) is 130 cm³/mol. The van der Waals surface area contributed by atoms with Crippen molar-refractivity contribution in [3.8, 4) is 33.9 Å². The van der Waals surface area contributed by atoms with Gasteiger partial charge in [0, 0.05) is 54.6 Å². The number of hydrogen-bond acceptors (Lipinski definition) is 6. The Hall–Kier alpha value is -4.59. The summed E-state index contributed by atoms with van der Waals surface area (Å²) in [6, 6.07) is 12.1. The molecule has 6 rings (SSSR count). The van der Waals surface area contributed by atoms with Gasteiger partial charge in [0.15, 0.2) is 0 Å². The van der Waals surface area contributed by atoms with Gasteiger partial charge < -0.3 is 9.88 Å². The molecule has 0 bridgehead atoms. The van der Waals surface area contributed by atoms with Crippen molar-refractivity contribution in [3.05, 3.63) is 73.6 Å². The fourth-order valence-electron chi connectivity index (χ4n) is 4.00. The van der Waals surface area contributed by atoms with Gasteiger partial charge in [-0.1, -0.05) is 6.07 Å². The molecule has 0 amide bonds. The number of hydrogen-bond donors (Lipinski definition) is 2. The highest BCUT2D eigenvalue weighted by molar-refractivity contribution is 6.00. The Morgan fingerprint density at radius 1 is 0.788 bits per heavy atom. The van der Waals surface area contributed by atoms with Crippen molar-refractivity contribution >= 4 is 27.5 Å². The molecule has 0 aliphatic rings. The van der Waals surface area contributed by atoms with E-state index in [1.807, 2.05) is 74.2 Å². The Kier molecular flexibility index (Phi) is 4.36. The van der Waals surface area contributed by atoms with E-state index in [4.69, 9.17) is 0 Å². The quantitative estimate of drug-likeness (QED) is 0.419. The van der Waals surface area contributed by atoms with Crippen LogP contribution in [0, 0.1) is 0 Å². The van der Waals surface area contributed by atoms with Crippen molar-refractivity contribution in [3.63, 3.8) is 0 Å². The van der Waals surface area contributed by atoms with Crippen molar-refractivity contribution in [2.24, 2.45) is 0 Å². The van der Waals surface area contributed by atoms with Crippen molar-refractivity contribution in [2.45, 2.75) is 0 Å². The lowest BCUT2D eigenvalue weighted by molar-refractivity contribution is 1.11. The van der Waals surface area contributed by atoms with Gasteiger partial charge in [-0.05, 0) is 30.3 Å². The van der Waals surface area contributed by atoms with Crippen molar-refractivity contribution in [1.82, 2.24) is 35.1 Å². The zero-order valence-electron chi connectivity index (χ0n) is 18.1. The highest BCUT2D eigenvalue weighted by Gasteiger charge is 2.15. The summed E-state index contributed by atoms with van der Waals surface area (Å²) < 4.78 is 0. The summed E-state index contributed by atoms with van der Waals surface area (Å²) >= 11 is 0. The molecular formula is C25H20N8. The average Bonchev–Trinajstić information content (AvgIpc) is 3.48. The third kappa shape index (κ3) is 3.28. The number of nitrogens with one attached hydrogen (secondary N) is 2.